The molecule has 0 aliphatic heterocycles. The first-order valence-electron chi connectivity index (χ1n) is 5.66. The number of nitrogens with zero attached hydrogens (tertiary/aromatic N) is 4. The molecule has 2 N–H and O–H groups in total. The molecular weight excluding hydrogens is 266 g/mol. The van der Waals surface area contributed by atoms with Gasteiger partial charge in [0.15, 0.2) is 5.82 Å². The Labute approximate surface area is 113 Å². The molecule has 0 amide bonds. The first kappa shape index (κ1) is 13.5. The molecule has 2 aromatic heterocycles. The van der Waals surface area contributed by atoms with Crippen LogP contribution in [0.3, 0.4) is 0 Å². The van der Waals surface area contributed by atoms with Gasteiger partial charge in [-0.15, -0.1) is 0 Å². The summed E-state index contributed by atoms with van der Waals surface area (Å²) in [6.07, 6.45) is 2.34. The maximum absolute atomic E-state index is 11.6. The first-order valence-corrected chi connectivity index (χ1v) is 5.66. The fourth-order valence-corrected chi connectivity index (χ4v) is 1.52. The lowest BCUT2D eigenvalue weighted by molar-refractivity contribution is -0.385. The highest BCUT2D eigenvalue weighted by atomic mass is 16.6. The summed E-state index contributed by atoms with van der Waals surface area (Å²) in [5.74, 6) is -0.258. The molecule has 0 aromatic carbocycles. The lowest BCUT2D eigenvalue weighted by Crippen LogP contribution is -2.09. The number of aromatic nitrogens is 3. The third-order valence-electron chi connectivity index (χ3n) is 2.46. The van der Waals surface area contributed by atoms with Crippen molar-refractivity contribution in [1.29, 1.82) is 0 Å². The molecule has 0 saturated carbocycles. The highest BCUT2D eigenvalue weighted by Crippen LogP contribution is 2.18. The average molecular weight is 277 g/mol. The number of esters is 1. The van der Waals surface area contributed by atoms with Crippen LogP contribution in [0.1, 0.15) is 17.3 Å². The van der Waals surface area contributed by atoms with Crippen molar-refractivity contribution in [2.45, 2.75) is 6.92 Å². The molecule has 0 radical (unpaired) electrons. The Morgan fingerprint density at radius 2 is 2.25 bits per heavy atom. The van der Waals surface area contributed by atoms with Gasteiger partial charge in [-0.05, 0) is 13.0 Å². The van der Waals surface area contributed by atoms with Gasteiger partial charge < -0.3 is 10.5 Å². The van der Waals surface area contributed by atoms with E-state index in [2.05, 4.69) is 10.1 Å². The molecule has 9 heteroatoms. The van der Waals surface area contributed by atoms with Crippen LogP contribution in [0.2, 0.25) is 0 Å². The Balaban J connectivity index is 2.34. The van der Waals surface area contributed by atoms with Crippen molar-refractivity contribution in [3.63, 3.8) is 0 Å². The molecule has 20 heavy (non-hydrogen) atoms. The van der Waals surface area contributed by atoms with Crippen LogP contribution >= 0.6 is 0 Å². The van der Waals surface area contributed by atoms with Crippen molar-refractivity contribution < 1.29 is 14.5 Å². The summed E-state index contributed by atoms with van der Waals surface area (Å²) in [6.45, 7) is 1.90. The minimum absolute atomic E-state index is 0.0600. The van der Waals surface area contributed by atoms with Crippen molar-refractivity contribution in [2.24, 2.45) is 0 Å². The van der Waals surface area contributed by atoms with E-state index in [1.807, 2.05) is 0 Å². The maximum atomic E-state index is 11.6. The zero-order valence-electron chi connectivity index (χ0n) is 10.5. The quantitative estimate of drug-likeness (QED) is 0.500. The molecule has 0 bridgehead atoms. The minimum atomic E-state index is -0.585. The Bertz CT molecular complexity index is 649. The van der Waals surface area contributed by atoms with Gasteiger partial charge in [0.1, 0.15) is 17.6 Å². The lowest BCUT2D eigenvalue weighted by Gasteiger charge is -2.03. The molecule has 0 unspecified atom stereocenters. The number of nitrogens with two attached hydrogens (primary N) is 1. The van der Waals surface area contributed by atoms with E-state index in [4.69, 9.17) is 10.5 Å². The van der Waals surface area contributed by atoms with Crippen LogP contribution < -0.4 is 5.73 Å². The molecule has 0 aliphatic carbocycles. The van der Waals surface area contributed by atoms with E-state index < -0.39 is 10.9 Å². The third kappa shape index (κ3) is 2.41. The molecule has 2 aromatic rings. The van der Waals surface area contributed by atoms with E-state index in [0.29, 0.717) is 0 Å². The molecule has 0 atom stereocenters. The molecule has 104 valence electrons. The van der Waals surface area contributed by atoms with Crippen molar-refractivity contribution in [3.05, 3.63) is 40.2 Å². The van der Waals surface area contributed by atoms with Crippen molar-refractivity contribution in [3.8, 4) is 5.82 Å². The van der Waals surface area contributed by atoms with Crippen LogP contribution in [-0.2, 0) is 4.74 Å². The minimum Gasteiger partial charge on any atom is -0.462 e. The number of anilines is 1. The van der Waals surface area contributed by atoms with Gasteiger partial charge in [0.05, 0.1) is 17.7 Å². The second-order valence-electron chi connectivity index (χ2n) is 3.71. The van der Waals surface area contributed by atoms with Crippen molar-refractivity contribution >= 4 is 17.5 Å². The molecule has 0 fully saturated rings. The maximum Gasteiger partial charge on any atom is 0.343 e. The molecule has 0 spiro atoms. The summed E-state index contributed by atoms with van der Waals surface area (Å²) in [7, 11) is 0. The summed E-state index contributed by atoms with van der Waals surface area (Å²) in [5, 5.41) is 14.5. The molecule has 0 saturated heterocycles. The van der Waals surface area contributed by atoms with Gasteiger partial charge in [-0.2, -0.15) is 9.78 Å². The number of carbonyl (C=O) groups excluding carboxylic acids is 1. The van der Waals surface area contributed by atoms with Crippen LogP contribution in [0.5, 0.6) is 0 Å². The standard InChI is InChI=1S/C11H11N5O4/c1-2-20-11(17)8-6-14-15(10(8)12)9-4-3-7(5-13-9)16(18)19/h3-6H,2,12H2,1H3. The molecule has 2 heterocycles. The Morgan fingerprint density at radius 3 is 2.80 bits per heavy atom. The van der Waals surface area contributed by atoms with E-state index in [9.17, 15) is 14.9 Å². The Kier molecular flexibility index (Phi) is 3.60. The normalized spacial score (nSPS) is 10.2. The van der Waals surface area contributed by atoms with Gasteiger partial charge in [0, 0.05) is 6.07 Å². The molecule has 2 rings (SSSR count). The molecule has 9 nitrogen and oxygen atoms in total. The number of hydrogen-bond acceptors (Lipinski definition) is 7. The fourth-order valence-electron chi connectivity index (χ4n) is 1.52. The number of pyridine rings is 1. The average Bonchev–Trinajstić information content (AvgIpc) is 2.81. The van der Waals surface area contributed by atoms with Crippen molar-refractivity contribution in [2.75, 3.05) is 12.3 Å². The summed E-state index contributed by atoms with van der Waals surface area (Å²) in [6, 6.07) is 2.66. The molecule has 0 aliphatic rings. The van der Waals surface area contributed by atoms with Crippen LogP contribution in [0, 0.1) is 10.1 Å². The topological polar surface area (TPSA) is 126 Å². The summed E-state index contributed by atoms with van der Waals surface area (Å²) >= 11 is 0. The van der Waals surface area contributed by atoms with Crippen molar-refractivity contribution in [1.82, 2.24) is 14.8 Å². The van der Waals surface area contributed by atoms with Gasteiger partial charge in [0.2, 0.25) is 0 Å². The predicted molar refractivity (Wildman–Crippen MR) is 68.4 cm³/mol. The van der Waals surface area contributed by atoms with E-state index in [1.165, 1.54) is 23.0 Å². The van der Waals surface area contributed by atoms with Crippen LogP contribution in [0.15, 0.2) is 24.5 Å². The zero-order valence-corrected chi connectivity index (χ0v) is 10.5. The van der Waals surface area contributed by atoms with Crippen LogP contribution in [-0.4, -0.2) is 32.3 Å². The van der Waals surface area contributed by atoms with E-state index in [1.54, 1.807) is 6.92 Å². The number of hydrogen-bond donors (Lipinski definition) is 1. The second-order valence-corrected chi connectivity index (χ2v) is 3.71. The number of nitrogen functional groups attached to an aromatic ring is 1. The SMILES string of the molecule is CCOC(=O)c1cnn(-c2ccc([N+](=O)[O-])cn2)c1N. The first-order chi connectivity index (χ1) is 9.54. The summed E-state index contributed by atoms with van der Waals surface area (Å²) in [5.41, 5.74) is 5.76. The number of carbonyl (C=O) groups is 1. The van der Waals surface area contributed by atoms with E-state index in [0.717, 1.165) is 6.20 Å². The number of rotatable bonds is 4. The largest absolute Gasteiger partial charge is 0.462 e. The fraction of sp³-hybridized carbons (Fsp3) is 0.182. The van der Waals surface area contributed by atoms with E-state index >= 15 is 0 Å². The monoisotopic (exact) mass is 277 g/mol. The number of ether oxygens (including phenoxy) is 1. The smallest absolute Gasteiger partial charge is 0.343 e. The van der Waals surface area contributed by atoms with Crippen LogP contribution in [0.25, 0.3) is 5.82 Å². The van der Waals surface area contributed by atoms with Gasteiger partial charge >= 0.3 is 5.97 Å². The van der Waals surface area contributed by atoms with Gasteiger partial charge in [-0.25, -0.2) is 9.78 Å². The van der Waals surface area contributed by atoms with Crippen LogP contribution in [0.4, 0.5) is 11.5 Å². The second kappa shape index (κ2) is 5.34. The summed E-state index contributed by atoms with van der Waals surface area (Å²) < 4.78 is 6.03. The lowest BCUT2D eigenvalue weighted by atomic mass is 10.3. The van der Waals surface area contributed by atoms with Gasteiger partial charge in [-0.1, -0.05) is 0 Å². The van der Waals surface area contributed by atoms with E-state index in [-0.39, 0.29) is 29.5 Å². The van der Waals surface area contributed by atoms with Gasteiger partial charge in [0.25, 0.3) is 5.69 Å². The summed E-state index contributed by atoms with van der Waals surface area (Å²) in [4.78, 5) is 25.4. The highest BCUT2D eigenvalue weighted by Gasteiger charge is 2.18. The number of nitro groups is 1. The Morgan fingerprint density at radius 1 is 1.50 bits per heavy atom. The zero-order chi connectivity index (χ0) is 14.7. The van der Waals surface area contributed by atoms with Gasteiger partial charge in [-0.3, -0.25) is 10.1 Å². The third-order valence-corrected chi connectivity index (χ3v) is 2.46. The Hall–Kier alpha value is -2.97. The highest BCUT2D eigenvalue weighted by molar-refractivity contribution is 5.94. The predicted octanol–water partition coefficient (Wildman–Crippen LogP) is 0.934. The molecular formula is C11H11N5O4.